The van der Waals surface area contributed by atoms with Gasteiger partial charge in [-0.2, -0.15) is 4.98 Å². The van der Waals surface area contributed by atoms with Crippen molar-refractivity contribution in [1.82, 2.24) is 29.1 Å². The van der Waals surface area contributed by atoms with Crippen molar-refractivity contribution < 1.29 is 50.4 Å². The van der Waals surface area contributed by atoms with Gasteiger partial charge in [0.2, 0.25) is 17.6 Å². The normalized spacial score (nSPS) is 13.2. The van der Waals surface area contributed by atoms with E-state index < -0.39 is 52.6 Å². The number of hydrogen-bond donors (Lipinski definition) is 2. The number of anilines is 4. The Morgan fingerprint density at radius 1 is 0.685 bits per heavy atom. The molecule has 20 nitrogen and oxygen atoms in total. The molecule has 2 fully saturated rings. The molecule has 24 heteroatoms. The molecule has 89 heavy (non-hydrogen) atoms. The summed E-state index contributed by atoms with van der Waals surface area (Å²) in [6.45, 7) is 26.2. The zero-order valence-corrected chi connectivity index (χ0v) is 55.8. The summed E-state index contributed by atoms with van der Waals surface area (Å²) in [5.41, 5.74) is 4.46. The number of nitrogens with one attached hydrogen (secondary N) is 1. The Bertz CT molecular complexity index is 4060. The average molecular weight is 1320 g/mol. The number of amides is 3. The molecule has 3 amide bonds. The Hall–Kier alpha value is -7.94. The van der Waals surface area contributed by atoms with E-state index in [1.165, 1.54) is 23.6 Å². The molecule has 460 valence electrons. The number of pyridine rings is 2. The summed E-state index contributed by atoms with van der Waals surface area (Å²) < 4.78 is 19.9. The Morgan fingerprint density at radius 2 is 1.15 bits per heavy atom. The number of carbonyl (C=O) groups is 4. The fourth-order valence-electron chi connectivity index (χ4n) is 8.97. The predicted octanol–water partition coefficient (Wildman–Crippen LogP) is 11.6. The molecule has 2 aliphatic rings. The molecular weight excluding hydrogens is 1250 g/mol. The monoisotopic (exact) mass is 1320 g/mol. The summed E-state index contributed by atoms with van der Waals surface area (Å²) in [5, 5.41) is 5.90. The number of Topliss-reactive ketones (excluding diaryl/α,β-unsaturated/α-hetero) is 1. The van der Waals surface area contributed by atoms with Gasteiger partial charge in [-0.1, -0.05) is 83.9 Å². The van der Waals surface area contributed by atoms with Gasteiger partial charge in [0.15, 0.2) is 5.78 Å². The van der Waals surface area contributed by atoms with Crippen molar-refractivity contribution in [3.63, 3.8) is 0 Å². The quantitative estimate of drug-likeness (QED) is 0.0530. The van der Waals surface area contributed by atoms with Gasteiger partial charge in [-0.25, -0.2) is 47.0 Å². The molecule has 3 N–H and O–H groups in total. The molecule has 4 heterocycles. The summed E-state index contributed by atoms with van der Waals surface area (Å²) >= 11 is 12.9. The Balaban J connectivity index is 0.000000284. The number of imide groups is 1. The van der Waals surface area contributed by atoms with Gasteiger partial charge in [-0.3, -0.25) is 28.4 Å². The number of halogens is 3. The molecule has 0 saturated heterocycles. The molecule has 2 aliphatic carbocycles. The molecule has 2 saturated carbocycles. The number of nitrogens with zero attached hydrogens (tertiary/aromatic N) is 9. The largest absolute Gasteiger partial charge is 2.00 e. The van der Waals surface area contributed by atoms with Crippen molar-refractivity contribution in [3.8, 4) is 11.4 Å². The van der Waals surface area contributed by atoms with Gasteiger partial charge in [0.25, 0.3) is 11.1 Å². The first kappa shape index (κ1) is 70.1. The summed E-state index contributed by atoms with van der Waals surface area (Å²) in [5.74, 6) is -0.388. The number of benzene rings is 4. The molecule has 10 rings (SSSR count). The zero-order chi connectivity index (χ0) is 63.3. The molecule has 4 aromatic carbocycles. The van der Waals surface area contributed by atoms with Crippen LogP contribution < -0.4 is 49.0 Å². The second-order valence-corrected chi connectivity index (χ2v) is 24.5. The van der Waals surface area contributed by atoms with Crippen LogP contribution in [0.25, 0.3) is 37.8 Å². The van der Waals surface area contributed by atoms with Crippen LogP contribution in [0.2, 0.25) is 10.0 Å². The van der Waals surface area contributed by atoms with Crippen molar-refractivity contribution >= 4 is 121 Å². The molecule has 0 aliphatic heterocycles. The van der Waals surface area contributed by atoms with Crippen molar-refractivity contribution in [2.24, 2.45) is 5.92 Å². The number of aromatic nitrogens is 6. The molecule has 8 aromatic rings. The van der Waals surface area contributed by atoms with Crippen molar-refractivity contribution in [2.45, 2.75) is 131 Å². The van der Waals surface area contributed by atoms with Crippen LogP contribution in [0.1, 0.15) is 136 Å². The average Bonchev–Trinajstić information content (AvgIpc) is 1.87. The molecule has 0 bridgehead atoms. The maximum Gasteiger partial charge on any atom is 2.00 e. The van der Waals surface area contributed by atoms with E-state index in [4.69, 9.17) is 49.7 Å². The van der Waals surface area contributed by atoms with Crippen LogP contribution in [-0.4, -0.2) is 93.0 Å². The first-order chi connectivity index (χ1) is 41.0. The van der Waals surface area contributed by atoms with E-state index in [-0.39, 0.29) is 91.2 Å². The van der Waals surface area contributed by atoms with Crippen LogP contribution in [0, 0.1) is 18.9 Å². The van der Waals surface area contributed by atoms with Crippen molar-refractivity contribution in [3.05, 3.63) is 187 Å². The Kier molecular flexibility index (Phi) is 23.0. The fraction of sp³-hybridized carbons (Fsp3) is 0.323. The summed E-state index contributed by atoms with van der Waals surface area (Å²) in [6.07, 6.45) is 6.04. The van der Waals surface area contributed by atoms with Gasteiger partial charge < -0.3 is 48.7 Å². The van der Waals surface area contributed by atoms with Gasteiger partial charge in [-0.15, -0.1) is 4.90 Å². The Labute approximate surface area is 552 Å². The van der Waals surface area contributed by atoms with Gasteiger partial charge in [0.05, 0.1) is 45.0 Å². The van der Waals surface area contributed by atoms with E-state index in [1.54, 1.807) is 134 Å². The van der Waals surface area contributed by atoms with E-state index >= 15 is 0 Å². The van der Waals surface area contributed by atoms with E-state index in [9.17, 15) is 28.8 Å². The Morgan fingerprint density at radius 3 is 1.60 bits per heavy atom. The van der Waals surface area contributed by atoms with E-state index in [0.29, 0.717) is 54.8 Å². The van der Waals surface area contributed by atoms with Crippen LogP contribution in [0.4, 0.5) is 43.6 Å². The van der Waals surface area contributed by atoms with Crippen LogP contribution >= 0.6 is 23.2 Å². The second-order valence-electron chi connectivity index (χ2n) is 23.7. The smallest absolute Gasteiger partial charge is 1.00 e. The van der Waals surface area contributed by atoms with Crippen molar-refractivity contribution in [2.75, 3.05) is 20.9 Å². The first-order valence-corrected chi connectivity index (χ1v) is 28.9. The maximum absolute atomic E-state index is 14.3. The van der Waals surface area contributed by atoms with Gasteiger partial charge in [-0.05, 0) is 148 Å². The maximum atomic E-state index is 14.3. The number of hydrogen-bond acceptors (Lipinski definition) is 15. The third kappa shape index (κ3) is 17.5. The molecule has 0 spiro atoms. The molecular formula is C65H68BrCl2MgN11O9. The zero-order valence-electron chi connectivity index (χ0n) is 51.3. The number of ether oxygens (including phenoxy) is 3. The third-order valence-electron chi connectivity index (χ3n) is 13.0. The molecule has 4 aromatic heterocycles. The summed E-state index contributed by atoms with van der Waals surface area (Å²) in [4.78, 5) is 104. The minimum atomic E-state index is -1.15. The number of carbonyl (C=O) groups excluding carboxylic acids is 4. The summed E-state index contributed by atoms with van der Waals surface area (Å²) in [7, 11) is 0. The minimum Gasteiger partial charge on any atom is -1.00 e. The SMILES string of the molecule is C[C@H](Nc1nc(N)ncc1C(=O)C1CC1)c1cc2cccc(Cl)c2c(=O)n1-c1ccccc1.[Br-].[C-]#[N+]c1cnc(N(C(=O)OC(C)(C)C)C(=O)OC(C)(C)C)nc1N(C(=O)OC(C)(C)C)[C@@H](C)c1cc2cccc(Cl)c2c(=O)n1-c1ccccc1.[CH-]1CC1.[Mg+2]. The minimum absolute atomic E-state index is 0. The van der Waals surface area contributed by atoms with Crippen LogP contribution in [0.3, 0.4) is 0 Å². The van der Waals surface area contributed by atoms with Gasteiger partial charge in [0, 0.05) is 41.1 Å². The topological polar surface area (TPSA) is 240 Å². The number of rotatable bonds is 11. The number of para-hydroxylation sites is 2. The molecule has 0 unspecified atom stereocenters. The fourth-order valence-corrected chi connectivity index (χ4v) is 9.49. The predicted molar refractivity (Wildman–Crippen MR) is 344 cm³/mol. The van der Waals surface area contributed by atoms with Gasteiger partial charge in [0.1, 0.15) is 28.4 Å². The second kappa shape index (κ2) is 29.1. The standard InChI is InChI=1S/C37H41ClN6O7.C25H22ClN5O2.C3H5.BrH.Mg/c1-22(27-20-23-16-15-19-25(38)28(23)30(45)43(27)24-17-13-12-14-18-24)42(32(46)49-35(2,3)4)29-26(39-11)21-40-31(41-29)44(33(47)50-36(5,6)7)34(48)51-37(8,9)10;1-14(29-23-18(13-28-25(27)30-23)22(32)15-10-11-15)20-12-16-6-5-9-19(26)21(16)24(33)31(20)17-7-3-2-4-8-17;1-2-3-1;;/h12-22H,1-10H3;2-9,12-15H,10-11H2,1H3,(H3,27,28,29,30);1H,2-3H2;1H;/q;;-1;;+2/p-1/t22-;14-;;;/m00.../s1. The van der Waals surface area contributed by atoms with Crippen LogP contribution in [0.15, 0.2) is 131 Å². The van der Waals surface area contributed by atoms with Crippen LogP contribution in [0.5, 0.6) is 0 Å². The number of nitrogens with two attached hydrogens (primary N) is 1. The first-order valence-electron chi connectivity index (χ1n) is 28.1. The number of fused-ring (bicyclic) bond motifs is 2. The van der Waals surface area contributed by atoms with Crippen LogP contribution in [-0.2, 0) is 14.2 Å². The van der Waals surface area contributed by atoms with E-state index in [2.05, 4.69) is 36.5 Å². The molecule has 2 atom stereocenters. The summed E-state index contributed by atoms with van der Waals surface area (Å²) in [6, 6.07) is 30.7. The van der Waals surface area contributed by atoms with E-state index in [0.717, 1.165) is 29.3 Å². The van der Waals surface area contributed by atoms with E-state index in [1.807, 2.05) is 55.5 Å². The number of nitrogen functional groups attached to an aromatic ring is 1. The number of ketones is 1. The third-order valence-corrected chi connectivity index (χ3v) is 13.7. The van der Waals surface area contributed by atoms with Crippen molar-refractivity contribution in [1.29, 1.82) is 0 Å². The molecule has 0 radical (unpaired) electrons. The van der Waals surface area contributed by atoms with Gasteiger partial charge >= 0.3 is 41.3 Å².